The molecule has 2 aromatic carbocycles. The highest BCUT2D eigenvalue weighted by Crippen LogP contribution is 2.19. The molecule has 0 aliphatic rings. The highest BCUT2D eigenvalue weighted by atomic mass is 32.2. The molecular formula is C17H18O4S. The minimum atomic E-state index is -3.80. The Morgan fingerprint density at radius 3 is 2.14 bits per heavy atom. The van der Waals surface area contributed by atoms with E-state index in [2.05, 4.69) is 0 Å². The molecule has 0 unspecified atom stereocenters. The van der Waals surface area contributed by atoms with Crippen molar-refractivity contribution in [2.24, 2.45) is 0 Å². The summed E-state index contributed by atoms with van der Waals surface area (Å²) < 4.78 is 34.5. The van der Waals surface area contributed by atoms with E-state index >= 15 is 0 Å². The SMILES string of the molecule is COc1ccc(/C=C(\C)OS(=O)(=O)c2ccc(C)cc2)cc1. The molecule has 0 saturated heterocycles. The molecule has 0 aromatic heterocycles. The Hall–Kier alpha value is -2.27. The lowest BCUT2D eigenvalue weighted by Gasteiger charge is -2.08. The van der Waals surface area contributed by atoms with Crippen LogP contribution in [0.5, 0.6) is 5.75 Å². The van der Waals surface area contributed by atoms with Gasteiger partial charge in [-0.1, -0.05) is 29.8 Å². The van der Waals surface area contributed by atoms with Gasteiger partial charge >= 0.3 is 10.1 Å². The van der Waals surface area contributed by atoms with Gasteiger partial charge in [-0.3, -0.25) is 0 Å². The maximum Gasteiger partial charge on any atom is 0.338 e. The van der Waals surface area contributed by atoms with Crippen LogP contribution in [0.3, 0.4) is 0 Å². The number of benzene rings is 2. The van der Waals surface area contributed by atoms with Crippen LogP contribution in [0.4, 0.5) is 0 Å². The van der Waals surface area contributed by atoms with E-state index in [9.17, 15) is 8.42 Å². The summed E-state index contributed by atoms with van der Waals surface area (Å²) in [5, 5.41) is 0. The molecule has 0 radical (unpaired) electrons. The second-order valence-electron chi connectivity index (χ2n) is 4.88. The third kappa shape index (κ3) is 4.11. The van der Waals surface area contributed by atoms with E-state index in [0.717, 1.165) is 16.9 Å². The van der Waals surface area contributed by atoms with Gasteiger partial charge in [-0.05, 0) is 49.8 Å². The summed E-state index contributed by atoms with van der Waals surface area (Å²) in [5.74, 6) is 1.04. The lowest BCUT2D eigenvalue weighted by molar-refractivity contribution is 0.411. The summed E-state index contributed by atoms with van der Waals surface area (Å²) in [6.45, 7) is 3.50. The normalized spacial score (nSPS) is 12.0. The molecule has 2 aromatic rings. The first-order valence-electron chi connectivity index (χ1n) is 6.74. The minimum Gasteiger partial charge on any atom is -0.497 e. The quantitative estimate of drug-likeness (QED) is 0.622. The van der Waals surface area contributed by atoms with Gasteiger partial charge in [-0.15, -0.1) is 0 Å². The molecule has 5 heteroatoms. The Morgan fingerprint density at radius 1 is 1.00 bits per heavy atom. The first-order valence-corrected chi connectivity index (χ1v) is 8.15. The van der Waals surface area contributed by atoms with Crippen LogP contribution in [0.1, 0.15) is 18.1 Å². The third-order valence-electron chi connectivity index (χ3n) is 3.04. The van der Waals surface area contributed by atoms with Gasteiger partial charge in [0.05, 0.1) is 7.11 Å². The summed E-state index contributed by atoms with van der Waals surface area (Å²) in [7, 11) is -2.21. The molecule has 4 nitrogen and oxygen atoms in total. The highest BCUT2D eigenvalue weighted by Gasteiger charge is 2.15. The maximum atomic E-state index is 12.2. The number of aryl methyl sites for hydroxylation is 1. The Morgan fingerprint density at radius 2 is 1.59 bits per heavy atom. The predicted molar refractivity (Wildman–Crippen MR) is 86.1 cm³/mol. The topological polar surface area (TPSA) is 52.6 Å². The fourth-order valence-corrected chi connectivity index (χ4v) is 2.84. The molecule has 0 fully saturated rings. The van der Waals surface area contributed by atoms with Crippen molar-refractivity contribution < 1.29 is 17.3 Å². The van der Waals surface area contributed by atoms with Crippen LogP contribution in [-0.2, 0) is 14.3 Å². The average Bonchev–Trinajstić information content (AvgIpc) is 2.48. The maximum absolute atomic E-state index is 12.2. The van der Waals surface area contributed by atoms with E-state index in [-0.39, 0.29) is 4.90 Å². The second-order valence-corrected chi connectivity index (χ2v) is 6.42. The number of hydrogen-bond donors (Lipinski definition) is 0. The van der Waals surface area contributed by atoms with Crippen molar-refractivity contribution in [2.45, 2.75) is 18.7 Å². The van der Waals surface area contributed by atoms with Crippen molar-refractivity contribution in [1.82, 2.24) is 0 Å². The van der Waals surface area contributed by atoms with Crippen molar-refractivity contribution >= 4 is 16.2 Å². The van der Waals surface area contributed by atoms with Crippen molar-refractivity contribution in [3.05, 3.63) is 65.4 Å². The van der Waals surface area contributed by atoms with E-state index in [4.69, 9.17) is 8.92 Å². The first kappa shape index (κ1) is 16.1. The van der Waals surface area contributed by atoms with Gasteiger partial charge in [-0.25, -0.2) is 0 Å². The van der Waals surface area contributed by atoms with E-state index < -0.39 is 10.1 Å². The third-order valence-corrected chi connectivity index (χ3v) is 4.37. The van der Waals surface area contributed by atoms with Crippen LogP contribution in [0.15, 0.2) is 59.2 Å². The van der Waals surface area contributed by atoms with Gasteiger partial charge in [-0.2, -0.15) is 8.42 Å². The summed E-state index contributed by atoms with van der Waals surface area (Å²) in [6.07, 6.45) is 1.66. The molecule has 0 bridgehead atoms. The lowest BCUT2D eigenvalue weighted by Crippen LogP contribution is -2.05. The van der Waals surface area contributed by atoms with Crippen LogP contribution in [0.2, 0.25) is 0 Å². The minimum absolute atomic E-state index is 0.139. The van der Waals surface area contributed by atoms with Gasteiger partial charge in [0.15, 0.2) is 0 Å². The predicted octanol–water partition coefficient (Wildman–Crippen LogP) is 3.77. The second kappa shape index (κ2) is 6.66. The van der Waals surface area contributed by atoms with Crippen molar-refractivity contribution in [3.63, 3.8) is 0 Å². The van der Waals surface area contributed by atoms with Crippen LogP contribution in [0, 0.1) is 6.92 Å². The van der Waals surface area contributed by atoms with Crippen LogP contribution in [-0.4, -0.2) is 15.5 Å². The standard InChI is InChI=1S/C17H18O4S/c1-13-4-10-17(11-5-13)22(18,19)21-14(2)12-15-6-8-16(20-3)9-7-15/h4-12H,1-3H3/b14-12+. The largest absolute Gasteiger partial charge is 0.497 e. The van der Waals surface area contributed by atoms with Gasteiger partial charge in [0.1, 0.15) is 16.4 Å². The summed E-state index contributed by atoms with van der Waals surface area (Å²) >= 11 is 0. The van der Waals surface area contributed by atoms with Crippen LogP contribution < -0.4 is 4.74 Å². The Kier molecular flexibility index (Phi) is 4.88. The molecule has 0 saturated carbocycles. The van der Waals surface area contributed by atoms with Gasteiger partial charge in [0.2, 0.25) is 0 Å². The van der Waals surface area contributed by atoms with Crippen LogP contribution in [0.25, 0.3) is 6.08 Å². The molecule has 0 atom stereocenters. The monoisotopic (exact) mass is 318 g/mol. The molecule has 22 heavy (non-hydrogen) atoms. The summed E-state index contributed by atoms with van der Waals surface area (Å²) in [4.78, 5) is 0.139. The fraction of sp³-hybridized carbons (Fsp3) is 0.176. The van der Waals surface area contributed by atoms with Crippen molar-refractivity contribution in [2.75, 3.05) is 7.11 Å². The summed E-state index contributed by atoms with van der Waals surface area (Å²) in [6, 6.07) is 13.8. The molecule has 0 aliphatic carbocycles. The molecule has 0 amide bonds. The zero-order valence-electron chi connectivity index (χ0n) is 12.7. The number of rotatable bonds is 5. The zero-order valence-corrected chi connectivity index (χ0v) is 13.6. The van der Waals surface area contributed by atoms with Crippen LogP contribution >= 0.6 is 0 Å². The van der Waals surface area contributed by atoms with E-state index in [1.54, 1.807) is 44.4 Å². The molecular weight excluding hydrogens is 300 g/mol. The molecule has 0 aliphatic heterocycles. The van der Waals surface area contributed by atoms with Gasteiger partial charge in [0.25, 0.3) is 0 Å². The van der Waals surface area contributed by atoms with Crippen molar-refractivity contribution in [1.29, 1.82) is 0 Å². The first-order chi connectivity index (χ1) is 10.4. The zero-order chi connectivity index (χ0) is 16.2. The molecule has 0 N–H and O–H groups in total. The highest BCUT2D eigenvalue weighted by molar-refractivity contribution is 7.86. The molecule has 0 spiro atoms. The Balaban J connectivity index is 2.17. The van der Waals surface area contributed by atoms with Gasteiger partial charge in [0, 0.05) is 0 Å². The molecule has 2 rings (SSSR count). The molecule has 116 valence electrons. The number of ether oxygens (including phenoxy) is 1. The lowest BCUT2D eigenvalue weighted by atomic mass is 10.2. The fourth-order valence-electron chi connectivity index (χ4n) is 1.88. The van der Waals surface area contributed by atoms with E-state index in [1.807, 2.05) is 19.1 Å². The number of hydrogen-bond acceptors (Lipinski definition) is 4. The van der Waals surface area contributed by atoms with Crippen molar-refractivity contribution in [3.8, 4) is 5.75 Å². The Bertz CT molecular complexity index is 757. The molecule has 0 heterocycles. The van der Waals surface area contributed by atoms with E-state index in [1.165, 1.54) is 12.1 Å². The smallest absolute Gasteiger partial charge is 0.338 e. The average molecular weight is 318 g/mol. The number of allylic oxidation sites excluding steroid dienone is 1. The van der Waals surface area contributed by atoms with Gasteiger partial charge < -0.3 is 8.92 Å². The summed E-state index contributed by atoms with van der Waals surface area (Å²) in [5.41, 5.74) is 1.82. The Labute approximate surface area is 131 Å². The van der Waals surface area contributed by atoms with E-state index in [0.29, 0.717) is 5.76 Å². The number of methoxy groups -OCH3 is 1.